The number of para-hydroxylation sites is 1. The third-order valence-corrected chi connectivity index (χ3v) is 8.46. The molecule has 0 aliphatic heterocycles. The summed E-state index contributed by atoms with van der Waals surface area (Å²) in [5.74, 6) is 0. The van der Waals surface area contributed by atoms with E-state index in [-0.39, 0.29) is 12.6 Å². The third-order valence-electron chi connectivity index (χ3n) is 4.80. The van der Waals surface area contributed by atoms with Gasteiger partial charge in [-0.1, -0.05) is 54.6 Å². The number of hydrogen-bond donors (Lipinski definition) is 2. The van der Waals surface area contributed by atoms with Gasteiger partial charge >= 0.3 is 0 Å². The largest absolute Gasteiger partial charge is 0.351 e. The molecule has 29 heavy (non-hydrogen) atoms. The van der Waals surface area contributed by atoms with Gasteiger partial charge in [-0.3, -0.25) is 9.13 Å². The van der Waals surface area contributed by atoms with Crippen LogP contribution in [0.4, 0.5) is 5.69 Å². The molecule has 152 valence electrons. The summed E-state index contributed by atoms with van der Waals surface area (Å²) in [5, 5.41) is 0.646. The molecule has 0 spiro atoms. The normalized spacial score (nSPS) is 15.3. The molecule has 0 amide bonds. The van der Waals surface area contributed by atoms with Gasteiger partial charge in [-0.25, -0.2) is 0 Å². The van der Waals surface area contributed by atoms with Gasteiger partial charge in [0.2, 0.25) is 14.7 Å². The van der Waals surface area contributed by atoms with Crippen LogP contribution >= 0.6 is 14.7 Å². The van der Waals surface area contributed by atoms with Crippen LogP contribution in [0, 0.1) is 13.8 Å². The number of anilines is 1. The predicted molar refractivity (Wildman–Crippen MR) is 120 cm³/mol. The summed E-state index contributed by atoms with van der Waals surface area (Å²) in [6.07, 6.45) is -0.500. The lowest BCUT2D eigenvalue weighted by Crippen LogP contribution is -2.31. The van der Waals surface area contributed by atoms with E-state index in [9.17, 15) is 18.9 Å². The van der Waals surface area contributed by atoms with Crippen molar-refractivity contribution in [3.63, 3.8) is 0 Å². The van der Waals surface area contributed by atoms with Gasteiger partial charge in [-0.15, -0.1) is 0 Å². The minimum Gasteiger partial charge on any atom is -0.351 e. The Morgan fingerprint density at radius 3 is 1.41 bits per heavy atom. The summed E-state index contributed by atoms with van der Waals surface area (Å²) in [6, 6.07) is 22.5. The Morgan fingerprint density at radius 2 is 1.03 bits per heavy atom. The first-order chi connectivity index (χ1) is 13.7. The fourth-order valence-electron chi connectivity index (χ4n) is 3.44. The summed E-state index contributed by atoms with van der Waals surface area (Å²) in [5.41, 5.74) is 2.47. The van der Waals surface area contributed by atoms with Gasteiger partial charge in [-0.05, 0) is 49.2 Å². The second-order valence-electron chi connectivity index (χ2n) is 7.14. The van der Waals surface area contributed by atoms with Crippen molar-refractivity contribution in [2.45, 2.75) is 13.8 Å². The Morgan fingerprint density at radius 1 is 0.655 bits per heavy atom. The lowest BCUT2D eigenvalue weighted by molar-refractivity contribution is 0.483. The molecule has 0 bridgehead atoms. The van der Waals surface area contributed by atoms with Crippen molar-refractivity contribution in [1.82, 2.24) is 0 Å². The van der Waals surface area contributed by atoms with Crippen LogP contribution in [-0.4, -0.2) is 22.4 Å². The van der Waals surface area contributed by atoms with Gasteiger partial charge in [0, 0.05) is 16.3 Å². The molecule has 0 radical (unpaired) electrons. The SMILES string of the molecule is Cc1cccc(C)c1N(CP(=O)(O)c1ccccc1)CP(=O)(O)c1ccccc1. The highest BCUT2D eigenvalue weighted by Crippen LogP contribution is 2.47. The van der Waals surface area contributed by atoms with Gasteiger partial charge in [0.25, 0.3) is 0 Å². The molecule has 3 aromatic rings. The van der Waals surface area contributed by atoms with Crippen molar-refractivity contribution >= 4 is 31.0 Å². The lowest BCUT2D eigenvalue weighted by atomic mass is 10.1. The minimum absolute atomic E-state index is 0.250. The van der Waals surface area contributed by atoms with Crippen LogP contribution in [0.5, 0.6) is 0 Å². The zero-order valence-electron chi connectivity index (χ0n) is 16.5. The van der Waals surface area contributed by atoms with E-state index < -0.39 is 14.7 Å². The number of rotatable bonds is 7. The molecule has 0 heterocycles. The molecule has 3 aromatic carbocycles. The van der Waals surface area contributed by atoms with Crippen LogP contribution in [0.25, 0.3) is 0 Å². The maximum absolute atomic E-state index is 13.2. The zero-order valence-corrected chi connectivity index (χ0v) is 18.3. The number of benzene rings is 3. The van der Waals surface area contributed by atoms with E-state index in [1.54, 1.807) is 65.6 Å². The lowest BCUT2D eigenvalue weighted by Gasteiger charge is -2.31. The molecule has 0 aliphatic carbocycles. The van der Waals surface area contributed by atoms with Gasteiger partial charge in [0.15, 0.2) is 0 Å². The number of hydrogen-bond acceptors (Lipinski definition) is 3. The Kier molecular flexibility index (Phi) is 6.45. The summed E-state index contributed by atoms with van der Waals surface area (Å²) >= 11 is 0. The van der Waals surface area contributed by atoms with Crippen molar-refractivity contribution in [3.05, 3.63) is 90.0 Å². The molecule has 0 fully saturated rings. The highest BCUT2D eigenvalue weighted by atomic mass is 31.2. The Labute approximate surface area is 171 Å². The van der Waals surface area contributed by atoms with E-state index in [0.29, 0.717) is 16.3 Å². The first-order valence-electron chi connectivity index (χ1n) is 9.27. The smallest absolute Gasteiger partial charge is 0.248 e. The van der Waals surface area contributed by atoms with Crippen LogP contribution in [0.15, 0.2) is 78.9 Å². The van der Waals surface area contributed by atoms with Gasteiger partial charge < -0.3 is 14.7 Å². The quantitative estimate of drug-likeness (QED) is 0.550. The van der Waals surface area contributed by atoms with Gasteiger partial charge in [0.1, 0.15) is 0 Å². The van der Waals surface area contributed by atoms with E-state index in [0.717, 1.165) is 11.1 Å². The molecule has 0 aromatic heterocycles. The van der Waals surface area contributed by atoms with E-state index in [1.807, 2.05) is 32.0 Å². The van der Waals surface area contributed by atoms with E-state index >= 15 is 0 Å². The molecular weight excluding hydrogens is 404 g/mol. The maximum Gasteiger partial charge on any atom is 0.248 e. The van der Waals surface area contributed by atoms with Crippen LogP contribution in [0.1, 0.15) is 11.1 Å². The first-order valence-corrected chi connectivity index (χ1v) is 13.0. The monoisotopic (exact) mass is 429 g/mol. The number of aryl methyl sites for hydroxylation is 2. The van der Waals surface area contributed by atoms with E-state index in [2.05, 4.69) is 0 Å². The van der Waals surface area contributed by atoms with E-state index in [4.69, 9.17) is 0 Å². The number of nitrogens with zero attached hydrogens (tertiary/aromatic N) is 1. The highest BCUT2D eigenvalue weighted by Gasteiger charge is 2.32. The fourth-order valence-corrected chi connectivity index (χ4v) is 6.61. The molecule has 5 nitrogen and oxygen atoms in total. The van der Waals surface area contributed by atoms with E-state index in [1.165, 1.54) is 0 Å². The summed E-state index contributed by atoms with van der Waals surface area (Å²) in [4.78, 5) is 23.2. The summed E-state index contributed by atoms with van der Waals surface area (Å²) in [6.45, 7) is 3.79. The zero-order chi connectivity index (χ0) is 21.1. The molecule has 3 rings (SSSR count). The van der Waals surface area contributed by atoms with Crippen LogP contribution in [0.2, 0.25) is 0 Å². The standard InChI is InChI=1S/C22H25NO4P2/c1-18-10-9-11-19(2)22(18)23(16-28(24,25)20-12-5-3-6-13-20)17-29(26,27)21-14-7-4-8-15-21/h3-15H,16-17H2,1-2H3,(H,24,25)(H,26,27). The van der Waals surface area contributed by atoms with Gasteiger partial charge in [-0.2, -0.15) is 0 Å². The fraction of sp³-hybridized carbons (Fsp3) is 0.182. The highest BCUT2D eigenvalue weighted by molar-refractivity contribution is 7.67. The molecule has 0 saturated heterocycles. The van der Waals surface area contributed by atoms with Crippen molar-refractivity contribution < 1.29 is 18.9 Å². The second-order valence-corrected chi connectivity index (χ2v) is 11.5. The molecule has 2 atom stereocenters. The van der Waals surface area contributed by atoms with Gasteiger partial charge in [0.05, 0.1) is 12.6 Å². The van der Waals surface area contributed by atoms with Crippen molar-refractivity contribution in [1.29, 1.82) is 0 Å². The first kappa shape index (κ1) is 21.5. The Bertz CT molecular complexity index is 989. The topological polar surface area (TPSA) is 77.8 Å². The average Bonchev–Trinajstić information content (AvgIpc) is 2.68. The maximum atomic E-state index is 13.2. The molecule has 7 heteroatoms. The molecule has 2 N–H and O–H groups in total. The third kappa shape index (κ3) is 5.07. The van der Waals surface area contributed by atoms with Crippen LogP contribution in [0.3, 0.4) is 0 Å². The molecule has 0 saturated carbocycles. The summed E-state index contributed by atoms with van der Waals surface area (Å²) in [7, 11) is -7.58. The van der Waals surface area contributed by atoms with Crippen molar-refractivity contribution in [2.75, 3.05) is 17.5 Å². The minimum atomic E-state index is -3.79. The molecule has 2 unspecified atom stereocenters. The summed E-state index contributed by atoms with van der Waals surface area (Å²) < 4.78 is 26.4. The Hall–Kier alpha value is -2.16. The van der Waals surface area contributed by atoms with Crippen LogP contribution in [-0.2, 0) is 9.13 Å². The molecule has 0 aliphatic rings. The average molecular weight is 429 g/mol. The predicted octanol–water partition coefficient (Wildman–Crippen LogP) is 4.22. The second kappa shape index (κ2) is 8.69. The van der Waals surface area contributed by atoms with Crippen molar-refractivity contribution in [3.8, 4) is 0 Å². The van der Waals surface area contributed by atoms with Crippen molar-refractivity contribution in [2.24, 2.45) is 0 Å². The van der Waals surface area contributed by atoms with Crippen LogP contribution < -0.4 is 15.5 Å². The molecular formula is C22H25NO4P2. The Balaban J connectivity index is 2.03.